The summed E-state index contributed by atoms with van der Waals surface area (Å²) in [5.41, 5.74) is 1.46. The highest BCUT2D eigenvalue weighted by molar-refractivity contribution is 6.27. The van der Waals surface area contributed by atoms with Gasteiger partial charge in [0.1, 0.15) is 11.3 Å². The predicted molar refractivity (Wildman–Crippen MR) is 87.3 cm³/mol. The lowest BCUT2D eigenvalue weighted by Gasteiger charge is -2.21. The topological polar surface area (TPSA) is 80.7 Å². The number of esters is 1. The van der Waals surface area contributed by atoms with Gasteiger partial charge in [0.25, 0.3) is 0 Å². The molecule has 2 fully saturated rings. The zero-order chi connectivity index (χ0) is 17.3. The number of hydrogen-bond donors (Lipinski definition) is 1. The van der Waals surface area contributed by atoms with E-state index in [9.17, 15) is 19.5 Å². The molecule has 1 aromatic carbocycles. The summed E-state index contributed by atoms with van der Waals surface area (Å²) in [5, 5.41) is 10.4. The molecule has 0 unspecified atom stereocenters. The minimum atomic E-state index is -0.751. The molecule has 0 aliphatic heterocycles. The van der Waals surface area contributed by atoms with Crippen molar-refractivity contribution in [1.82, 2.24) is 0 Å². The molecule has 0 heterocycles. The van der Waals surface area contributed by atoms with Gasteiger partial charge < -0.3 is 9.84 Å². The summed E-state index contributed by atoms with van der Waals surface area (Å²) < 4.78 is 4.88. The van der Waals surface area contributed by atoms with Crippen LogP contribution >= 0.6 is 0 Å². The SMILES string of the molecule is CCOC(=O)C1CC(=O)C(=C(O)c2ccc(C3CC3)cc2)C(=O)C1. The van der Waals surface area contributed by atoms with Crippen LogP contribution in [0.4, 0.5) is 0 Å². The number of ether oxygens (including phenoxy) is 1. The van der Waals surface area contributed by atoms with Crippen molar-refractivity contribution >= 4 is 23.3 Å². The Morgan fingerprint density at radius 2 is 1.71 bits per heavy atom. The van der Waals surface area contributed by atoms with Crippen LogP contribution in [-0.4, -0.2) is 29.2 Å². The first-order valence-corrected chi connectivity index (χ1v) is 8.27. The maximum absolute atomic E-state index is 12.3. The summed E-state index contributed by atoms with van der Waals surface area (Å²) in [6.07, 6.45) is 2.14. The lowest BCUT2D eigenvalue weighted by Crippen LogP contribution is -2.32. The maximum atomic E-state index is 12.3. The molecule has 126 valence electrons. The molecule has 1 aromatic rings. The molecule has 0 atom stereocenters. The first-order valence-electron chi connectivity index (χ1n) is 8.27. The monoisotopic (exact) mass is 328 g/mol. The Kier molecular flexibility index (Phi) is 4.51. The van der Waals surface area contributed by atoms with Crippen LogP contribution in [0.15, 0.2) is 29.8 Å². The van der Waals surface area contributed by atoms with Gasteiger partial charge in [-0.2, -0.15) is 0 Å². The van der Waals surface area contributed by atoms with Crippen LogP contribution in [0.25, 0.3) is 5.76 Å². The average molecular weight is 328 g/mol. The Morgan fingerprint density at radius 1 is 1.12 bits per heavy atom. The number of rotatable bonds is 4. The van der Waals surface area contributed by atoms with E-state index in [1.807, 2.05) is 12.1 Å². The van der Waals surface area contributed by atoms with Gasteiger partial charge in [0, 0.05) is 18.4 Å². The smallest absolute Gasteiger partial charge is 0.309 e. The van der Waals surface area contributed by atoms with Crippen molar-refractivity contribution in [3.8, 4) is 0 Å². The van der Waals surface area contributed by atoms with Crippen LogP contribution in [0.1, 0.15) is 49.7 Å². The highest BCUT2D eigenvalue weighted by atomic mass is 16.5. The van der Waals surface area contributed by atoms with Gasteiger partial charge in [-0.05, 0) is 31.2 Å². The first kappa shape index (κ1) is 16.4. The Hall–Kier alpha value is -2.43. The highest BCUT2D eigenvalue weighted by Gasteiger charge is 2.37. The molecule has 0 bridgehead atoms. The van der Waals surface area contributed by atoms with Gasteiger partial charge in [0.15, 0.2) is 11.6 Å². The molecule has 0 radical (unpaired) electrons. The zero-order valence-electron chi connectivity index (χ0n) is 13.6. The molecule has 2 aliphatic rings. The lowest BCUT2D eigenvalue weighted by atomic mass is 9.82. The molecule has 1 N–H and O–H groups in total. The minimum Gasteiger partial charge on any atom is -0.506 e. The zero-order valence-corrected chi connectivity index (χ0v) is 13.6. The summed E-state index contributed by atoms with van der Waals surface area (Å²) in [6.45, 7) is 1.88. The van der Waals surface area contributed by atoms with Crippen molar-refractivity contribution in [3.05, 3.63) is 41.0 Å². The van der Waals surface area contributed by atoms with Gasteiger partial charge in [-0.15, -0.1) is 0 Å². The number of carbonyl (C=O) groups excluding carboxylic acids is 3. The van der Waals surface area contributed by atoms with Crippen molar-refractivity contribution in [1.29, 1.82) is 0 Å². The van der Waals surface area contributed by atoms with Gasteiger partial charge in [-0.3, -0.25) is 14.4 Å². The lowest BCUT2D eigenvalue weighted by molar-refractivity contribution is -0.151. The second-order valence-electron chi connectivity index (χ2n) is 6.32. The van der Waals surface area contributed by atoms with E-state index in [4.69, 9.17) is 4.74 Å². The fourth-order valence-corrected chi connectivity index (χ4v) is 3.04. The van der Waals surface area contributed by atoms with E-state index in [0.717, 1.165) is 0 Å². The van der Waals surface area contributed by atoms with Crippen LogP contribution in [0.2, 0.25) is 0 Å². The largest absolute Gasteiger partial charge is 0.506 e. The van der Waals surface area contributed by atoms with E-state index < -0.39 is 23.5 Å². The summed E-state index contributed by atoms with van der Waals surface area (Å²) in [4.78, 5) is 36.3. The van der Waals surface area contributed by atoms with Crippen molar-refractivity contribution in [3.63, 3.8) is 0 Å². The number of aliphatic hydroxyl groups is 1. The third-order valence-electron chi connectivity index (χ3n) is 4.51. The fourth-order valence-electron chi connectivity index (χ4n) is 3.04. The molecule has 0 aromatic heterocycles. The second kappa shape index (κ2) is 6.59. The van der Waals surface area contributed by atoms with E-state index in [-0.39, 0.29) is 30.8 Å². The number of ketones is 2. The average Bonchev–Trinajstić information content (AvgIpc) is 3.39. The van der Waals surface area contributed by atoms with E-state index >= 15 is 0 Å². The summed E-state index contributed by atoms with van der Waals surface area (Å²) >= 11 is 0. The molecule has 0 spiro atoms. The van der Waals surface area contributed by atoms with Crippen molar-refractivity contribution in [2.24, 2.45) is 5.92 Å². The van der Waals surface area contributed by atoms with Crippen LogP contribution in [0, 0.1) is 5.92 Å². The van der Waals surface area contributed by atoms with Crippen LogP contribution in [-0.2, 0) is 19.1 Å². The van der Waals surface area contributed by atoms with E-state index in [1.54, 1.807) is 19.1 Å². The molecule has 0 amide bonds. The van der Waals surface area contributed by atoms with Crippen molar-refractivity contribution in [2.75, 3.05) is 6.61 Å². The molecule has 24 heavy (non-hydrogen) atoms. The molecule has 5 nitrogen and oxygen atoms in total. The van der Waals surface area contributed by atoms with Gasteiger partial charge in [0.05, 0.1) is 12.5 Å². The van der Waals surface area contributed by atoms with Crippen molar-refractivity contribution < 1.29 is 24.2 Å². The molecular formula is C19H20O5. The highest BCUT2D eigenvalue weighted by Crippen LogP contribution is 2.40. The fraction of sp³-hybridized carbons (Fsp3) is 0.421. The molecule has 2 saturated carbocycles. The summed E-state index contributed by atoms with van der Waals surface area (Å²) in [6, 6.07) is 7.30. The molecule has 3 rings (SSSR count). The third-order valence-corrected chi connectivity index (χ3v) is 4.51. The molecule has 0 saturated heterocycles. The third kappa shape index (κ3) is 3.25. The molecule has 5 heteroatoms. The number of allylic oxidation sites excluding steroid dienone is 1. The number of carbonyl (C=O) groups is 3. The van der Waals surface area contributed by atoms with Crippen LogP contribution < -0.4 is 0 Å². The second-order valence-corrected chi connectivity index (χ2v) is 6.32. The number of benzene rings is 1. The van der Waals surface area contributed by atoms with Gasteiger partial charge in [0.2, 0.25) is 0 Å². The standard InChI is InChI=1S/C19H20O5/c1-2-24-19(23)14-9-15(20)17(16(21)10-14)18(22)13-7-5-12(6-8-13)11-3-4-11/h5-8,11,14,22H,2-4,9-10H2,1H3. The minimum absolute atomic E-state index is 0.107. The Balaban J connectivity index is 1.81. The number of aliphatic hydroxyl groups excluding tert-OH is 1. The molecular weight excluding hydrogens is 308 g/mol. The number of Topliss-reactive ketones (excluding diaryl/α,β-unsaturated/α-hetero) is 2. The van der Waals surface area contributed by atoms with E-state index in [1.165, 1.54) is 18.4 Å². The van der Waals surface area contributed by atoms with E-state index in [2.05, 4.69) is 0 Å². The van der Waals surface area contributed by atoms with Crippen molar-refractivity contribution in [2.45, 2.75) is 38.5 Å². The quantitative estimate of drug-likeness (QED) is 0.398. The Morgan fingerprint density at radius 3 is 2.21 bits per heavy atom. The predicted octanol–water partition coefficient (Wildman–Crippen LogP) is 2.94. The van der Waals surface area contributed by atoms with Crippen LogP contribution in [0.5, 0.6) is 0 Å². The van der Waals surface area contributed by atoms with Gasteiger partial charge in [-0.25, -0.2) is 0 Å². The Labute approximate surface area is 140 Å². The van der Waals surface area contributed by atoms with Crippen LogP contribution in [0.3, 0.4) is 0 Å². The van der Waals surface area contributed by atoms with Gasteiger partial charge >= 0.3 is 5.97 Å². The maximum Gasteiger partial charge on any atom is 0.309 e. The van der Waals surface area contributed by atoms with E-state index in [0.29, 0.717) is 11.5 Å². The first-order chi connectivity index (χ1) is 11.5. The molecule has 2 aliphatic carbocycles. The summed E-state index contributed by atoms with van der Waals surface area (Å²) in [7, 11) is 0. The number of hydrogen-bond acceptors (Lipinski definition) is 5. The normalized spacial score (nSPS) is 20.9. The Bertz CT molecular complexity index is 690. The summed E-state index contributed by atoms with van der Waals surface area (Å²) in [5.74, 6) is -2.00. The van der Waals surface area contributed by atoms with Gasteiger partial charge in [-0.1, -0.05) is 24.3 Å².